The second kappa shape index (κ2) is 12.1. The molecule has 11 aromatic rings. The van der Waals surface area contributed by atoms with Crippen molar-refractivity contribution in [1.29, 1.82) is 0 Å². The number of aromatic nitrogens is 1. The van der Waals surface area contributed by atoms with Gasteiger partial charge in [-0.2, -0.15) is 0 Å². The van der Waals surface area contributed by atoms with Crippen molar-refractivity contribution < 1.29 is 0 Å². The highest BCUT2D eigenvalue weighted by Gasteiger charge is 2.42. The van der Waals surface area contributed by atoms with Crippen molar-refractivity contribution in [1.82, 2.24) is 4.40 Å². The number of benzene rings is 8. The lowest BCUT2D eigenvalue weighted by Crippen LogP contribution is -2.17. The smallest absolute Gasteiger partial charge is 0.109 e. The van der Waals surface area contributed by atoms with Gasteiger partial charge >= 0.3 is 0 Å². The van der Waals surface area contributed by atoms with Crippen LogP contribution in [0.1, 0.15) is 25.1 Å². The molecule has 0 saturated heterocycles. The normalized spacial score (nSPS) is 13.2. The van der Waals surface area contributed by atoms with Gasteiger partial charge < -0.3 is 14.2 Å². The highest BCUT2D eigenvalue weighted by Crippen LogP contribution is 2.57. The summed E-state index contributed by atoms with van der Waals surface area (Å²) in [7, 11) is 0. The lowest BCUT2D eigenvalue weighted by molar-refractivity contribution is 0.635. The van der Waals surface area contributed by atoms with Gasteiger partial charge in [0.05, 0.1) is 5.52 Å². The van der Waals surface area contributed by atoms with E-state index in [9.17, 15) is 0 Å². The minimum absolute atomic E-state index is 0.200. The molecule has 12 rings (SSSR count). The van der Waals surface area contributed by atoms with E-state index in [0.717, 1.165) is 34.1 Å². The van der Waals surface area contributed by atoms with Crippen LogP contribution in [0.4, 0.5) is 34.1 Å². The quantitative estimate of drug-likeness (QED) is 0.168. The number of thiophene rings is 1. The molecule has 1 aliphatic rings. The molecule has 57 heavy (non-hydrogen) atoms. The maximum Gasteiger partial charge on any atom is 0.109 e. The van der Waals surface area contributed by atoms with Crippen molar-refractivity contribution >= 4 is 92.8 Å². The third-order valence-corrected chi connectivity index (χ3v) is 13.3. The van der Waals surface area contributed by atoms with Gasteiger partial charge in [0.15, 0.2) is 0 Å². The lowest BCUT2D eigenvalue weighted by atomic mass is 9.84. The fourth-order valence-corrected chi connectivity index (χ4v) is 11.0. The van der Waals surface area contributed by atoms with E-state index < -0.39 is 0 Å². The third-order valence-electron chi connectivity index (χ3n) is 12.2. The summed E-state index contributed by atoms with van der Waals surface area (Å²) < 4.78 is 3.93. The van der Waals surface area contributed by atoms with Gasteiger partial charge in [0.25, 0.3) is 0 Å². The molecule has 4 heteroatoms. The zero-order valence-corrected chi connectivity index (χ0v) is 32.5. The molecule has 0 atom stereocenters. The fraction of sp³-hybridized carbons (Fsp3) is 0.0566. The Bertz CT molecular complexity index is 3230. The second-order valence-corrected chi connectivity index (χ2v) is 16.8. The molecule has 3 aromatic heterocycles. The average Bonchev–Trinajstić information content (AvgIpc) is 3.96. The first-order valence-electron chi connectivity index (χ1n) is 19.7. The summed E-state index contributed by atoms with van der Waals surface area (Å²) in [5, 5.41) is 7.86. The number of para-hydroxylation sites is 5. The Balaban J connectivity index is 1.05. The van der Waals surface area contributed by atoms with E-state index in [1.54, 1.807) is 0 Å². The summed E-state index contributed by atoms with van der Waals surface area (Å²) in [4.78, 5) is 6.04. The first-order chi connectivity index (χ1) is 28.0. The van der Waals surface area contributed by atoms with Crippen LogP contribution in [0.15, 0.2) is 188 Å². The minimum Gasteiger partial charge on any atom is -0.310 e. The molecule has 0 unspecified atom stereocenters. The molecular formula is C53H37N3S. The Morgan fingerprint density at radius 2 is 1.00 bits per heavy atom. The van der Waals surface area contributed by atoms with Crippen LogP contribution in [-0.2, 0) is 5.41 Å². The second-order valence-electron chi connectivity index (χ2n) is 15.8. The molecule has 0 spiro atoms. The number of hydrogen-bond donors (Lipinski definition) is 0. The van der Waals surface area contributed by atoms with E-state index in [-0.39, 0.29) is 5.41 Å². The summed E-state index contributed by atoms with van der Waals surface area (Å²) in [6.45, 7) is 4.85. The molecule has 0 fully saturated rings. The van der Waals surface area contributed by atoms with Crippen LogP contribution in [0, 0.1) is 0 Å². The van der Waals surface area contributed by atoms with Crippen molar-refractivity contribution in [2.75, 3.05) is 9.80 Å². The van der Waals surface area contributed by atoms with E-state index in [1.807, 2.05) is 11.3 Å². The maximum absolute atomic E-state index is 2.63. The van der Waals surface area contributed by atoms with Crippen LogP contribution >= 0.6 is 11.3 Å². The Morgan fingerprint density at radius 1 is 0.456 bits per heavy atom. The summed E-state index contributed by atoms with van der Waals surface area (Å²) in [6, 6.07) is 68.6. The summed E-state index contributed by atoms with van der Waals surface area (Å²) in [5.41, 5.74) is 13.5. The van der Waals surface area contributed by atoms with Crippen LogP contribution in [-0.4, -0.2) is 4.40 Å². The van der Waals surface area contributed by atoms with Gasteiger partial charge in [-0.1, -0.05) is 117 Å². The molecule has 0 radical (unpaired) electrons. The molecule has 0 amide bonds. The molecule has 3 nitrogen and oxygen atoms in total. The zero-order valence-electron chi connectivity index (χ0n) is 31.6. The fourth-order valence-electron chi connectivity index (χ4n) is 9.71. The summed E-state index contributed by atoms with van der Waals surface area (Å²) >= 11 is 1.92. The molecule has 1 aliphatic carbocycles. The van der Waals surface area contributed by atoms with Gasteiger partial charge in [0, 0.05) is 77.0 Å². The predicted molar refractivity (Wildman–Crippen MR) is 243 cm³/mol. The van der Waals surface area contributed by atoms with Crippen molar-refractivity contribution in [3.05, 3.63) is 199 Å². The van der Waals surface area contributed by atoms with E-state index in [0.29, 0.717) is 0 Å². The molecule has 8 aromatic carbocycles. The van der Waals surface area contributed by atoms with Crippen LogP contribution in [0.5, 0.6) is 0 Å². The van der Waals surface area contributed by atoms with Gasteiger partial charge in [-0.25, -0.2) is 0 Å². The van der Waals surface area contributed by atoms with Gasteiger partial charge in [0.2, 0.25) is 0 Å². The first-order valence-corrected chi connectivity index (χ1v) is 20.5. The molecule has 0 saturated carbocycles. The maximum atomic E-state index is 2.63. The van der Waals surface area contributed by atoms with Crippen LogP contribution in [0.3, 0.4) is 0 Å². The van der Waals surface area contributed by atoms with Crippen molar-refractivity contribution in [2.45, 2.75) is 19.3 Å². The van der Waals surface area contributed by atoms with E-state index in [1.165, 1.54) is 69.7 Å². The van der Waals surface area contributed by atoms with Crippen molar-refractivity contribution in [3.8, 4) is 11.1 Å². The average molecular weight is 748 g/mol. The summed E-state index contributed by atoms with van der Waals surface area (Å²) in [6.07, 6.45) is 0. The number of anilines is 6. The number of fused-ring (bicyclic) bond motifs is 11. The molecule has 0 N–H and O–H groups in total. The van der Waals surface area contributed by atoms with Gasteiger partial charge in [-0.3, -0.25) is 0 Å². The molecular weight excluding hydrogens is 711 g/mol. The zero-order chi connectivity index (χ0) is 37.8. The Hall–Kier alpha value is -6.88. The van der Waals surface area contributed by atoms with E-state index in [2.05, 4.69) is 216 Å². The van der Waals surface area contributed by atoms with Crippen LogP contribution in [0.2, 0.25) is 0 Å². The van der Waals surface area contributed by atoms with E-state index >= 15 is 0 Å². The topological polar surface area (TPSA) is 10.9 Å². The van der Waals surface area contributed by atoms with Crippen molar-refractivity contribution in [3.63, 3.8) is 0 Å². The highest BCUT2D eigenvalue weighted by atomic mass is 32.1. The Morgan fingerprint density at radius 3 is 1.60 bits per heavy atom. The van der Waals surface area contributed by atoms with Gasteiger partial charge in [0.1, 0.15) is 4.83 Å². The molecule has 0 aliphatic heterocycles. The largest absolute Gasteiger partial charge is 0.310 e. The standard InChI is InChI=1S/C53H37N3S/c1-53(2)46-32-34-26-27-40(54(36-16-7-3-8-17-36)37-18-9-4-10-19-37)30-35(34)31-45(46)48-43-24-15-25-44-49-42-29-28-41(33-47(42)57-52(49)56(50(43)44)51(48)53)55(38-20-11-5-12-21-38)39-22-13-6-14-23-39/h3-33H,1-2H3. The van der Waals surface area contributed by atoms with Gasteiger partial charge in [-0.15, -0.1) is 11.3 Å². The van der Waals surface area contributed by atoms with Gasteiger partial charge in [-0.05, 0) is 107 Å². The number of nitrogens with zero attached hydrogens (tertiary/aromatic N) is 3. The predicted octanol–water partition coefficient (Wildman–Crippen LogP) is 15.3. The highest BCUT2D eigenvalue weighted by molar-refractivity contribution is 7.25. The van der Waals surface area contributed by atoms with Crippen LogP contribution in [0.25, 0.3) is 58.5 Å². The lowest BCUT2D eigenvalue weighted by Gasteiger charge is -2.26. The molecule has 3 heterocycles. The summed E-state index contributed by atoms with van der Waals surface area (Å²) in [5.74, 6) is 0. The SMILES string of the molecule is CC1(C)c2cc3ccc(N(c4ccccc4)c4ccccc4)cc3cc2-c2c1n1c3sc4cc(N(c5ccccc5)c5ccccc5)ccc4c3c3cccc2c31. The third kappa shape index (κ3) is 4.65. The molecule has 270 valence electrons. The van der Waals surface area contributed by atoms with Crippen LogP contribution < -0.4 is 9.80 Å². The van der Waals surface area contributed by atoms with E-state index in [4.69, 9.17) is 0 Å². The Labute approximate surface area is 335 Å². The first kappa shape index (κ1) is 32.4. The molecule has 0 bridgehead atoms. The monoisotopic (exact) mass is 747 g/mol. The minimum atomic E-state index is -0.200. The number of rotatable bonds is 6. The van der Waals surface area contributed by atoms with Crippen molar-refractivity contribution in [2.24, 2.45) is 0 Å². The number of hydrogen-bond acceptors (Lipinski definition) is 3. The Kier molecular flexibility index (Phi) is 6.85.